The fraction of sp³-hybridized carbons (Fsp3) is 0.211. The van der Waals surface area contributed by atoms with Gasteiger partial charge in [0.1, 0.15) is 0 Å². The molecular formula is C19H20N4O2S2. The average molecular weight is 401 g/mol. The number of thiazole rings is 1. The normalized spacial score (nSPS) is 11.2. The van der Waals surface area contributed by atoms with Crippen LogP contribution >= 0.6 is 23.1 Å². The number of anilines is 1. The van der Waals surface area contributed by atoms with Crippen LogP contribution in [-0.2, 0) is 4.79 Å². The number of likely N-dealkylation sites (N-methyl/N-ethyl adjacent to an activating group) is 1. The number of thioether (sulfide) groups is 1. The third-order valence-electron chi connectivity index (χ3n) is 3.77. The molecule has 0 aliphatic rings. The summed E-state index contributed by atoms with van der Waals surface area (Å²) >= 11 is 2.99. The first kappa shape index (κ1) is 19.3. The number of benzene rings is 2. The summed E-state index contributed by atoms with van der Waals surface area (Å²) in [5.41, 5.74) is 5.39. The number of hydrazone groups is 1. The molecule has 27 heavy (non-hydrogen) atoms. The SMILES string of the molecule is CN(CCO)c1ccc(/C=N/NC(=O)CSc2nc3ccccc3s2)cc1. The van der Waals surface area contributed by atoms with Gasteiger partial charge in [-0.3, -0.25) is 4.79 Å². The lowest BCUT2D eigenvalue weighted by Gasteiger charge is -2.17. The van der Waals surface area contributed by atoms with E-state index in [-0.39, 0.29) is 18.3 Å². The minimum atomic E-state index is -0.171. The molecule has 2 N–H and O–H groups in total. The van der Waals surface area contributed by atoms with Gasteiger partial charge in [0.15, 0.2) is 4.34 Å². The van der Waals surface area contributed by atoms with Gasteiger partial charge in [0.25, 0.3) is 5.91 Å². The van der Waals surface area contributed by atoms with Crippen molar-refractivity contribution < 1.29 is 9.90 Å². The molecule has 0 unspecified atom stereocenters. The molecule has 1 aromatic heterocycles. The molecule has 0 atom stereocenters. The number of nitrogens with zero attached hydrogens (tertiary/aromatic N) is 3. The van der Waals surface area contributed by atoms with Crippen molar-refractivity contribution in [3.8, 4) is 0 Å². The quantitative estimate of drug-likeness (QED) is 0.345. The van der Waals surface area contributed by atoms with Crippen LogP contribution in [0.2, 0.25) is 0 Å². The van der Waals surface area contributed by atoms with Crippen LogP contribution in [0.3, 0.4) is 0 Å². The maximum absolute atomic E-state index is 11.9. The van der Waals surface area contributed by atoms with E-state index in [4.69, 9.17) is 5.11 Å². The number of nitrogens with one attached hydrogen (secondary N) is 1. The first-order chi connectivity index (χ1) is 13.2. The summed E-state index contributed by atoms with van der Waals surface area (Å²) in [5, 5.41) is 13.0. The van der Waals surface area contributed by atoms with E-state index < -0.39 is 0 Å². The van der Waals surface area contributed by atoms with Crippen molar-refractivity contribution in [3.05, 3.63) is 54.1 Å². The lowest BCUT2D eigenvalue weighted by atomic mass is 10.2. The van der Waals surface area contributed by atoms with Crippen molar-refractivity contribution >= 4 is 51.1 Å². The number of rotatable bonds is 8. The Kier molecular flexibility index (Phi) is 6.80. The van der Waals surface area contributed by atoms with Gasteiger partial charge < -0.3 is 10.0 Å². The molecule has 0 saturated carbocycles. The molecule has 1 amide bonds. The molecule has 0 saturated heterocycles. The van der Waals surface area contributed by atoms with E-state index in [9.17, 15) is 4.79 Å². The van der Waals surface area contributed by atoms with Gasteiger partial charge in [-0.25, -0.2) is 10.4 Å². The Balaban J connectivity index is 1.46. The number of hydrogen-bond acceptors (Lipinski definition) is 7. The van der Waals surface area contributed by atoms with E-state index >= 15 is 0 Å². The highest BCUT2D eigenvalue weighted by atomic mass is 32.2. The third kappa shape index (κ3) is 5.53. The van der Waals surface area contributed by atoms with Crippen molar-refractivity contribution in [1.82, 2.24) is 10.4 Å². The standard InChI is InChI=1S/C19H20N4O2S2/c1-23(10-11-24)15-8-6-14(7-9-15)12-20-22-18(25)13-26-19-21-16-4-2-3-5-17(16)27-19/h2-9,12,24H,10-11,13H2,1H3,(H,22,25)/b20-12+. The number of amides is 1. The lowest BCUT2D eigenvalue weighted by Crippen LogP contribution is -2.21. The van der Waals surface area contributed by atoms with Gasteiger partial charge >= 0.3 is 0 Å². The smallest absolute Gasteiger partial charge is 0.250 e. The Hall–Kier alpha value is -2.42. The molecule has 0 fully saturated rings. The van der Waals surface area contributed by atoms with Crippen LogP contribution in [0.25, 0.3) is 10.2 Å². The van der Waals surface area contributed by atoms with Gasteiger partial charge in [0.2, 0.25) is 0 Å². The molecule has 0 aliphatic carbocycles. The number of hydrogen-bond donors (Lipinski definition) is 2. The summed E-state index contributed by atoms with van der Waals surface area (Å²) in [4.78, 5) is 18.4. The Bertz CT molecular complexity index is 892. The monoisotopic (exact) mass is 400 g/mol. The molecule has 1 heterocycles. The zero-order valence-electron chi connectivity index (χ0n) is 14.8. The Morgan fingerprint density at radius 3 is 2.81 bits per heavy atom. The molecular weight excluding hydrogens is 380 g/mol. The number of carbonyl (C=O) groups is 1. The molecule has 2 aromatic carbocycles. The van der Waals surface area contributed by atoms with Gasteiger partial charge in [-0.2, -0.15) is 5.10 Å². The van der Waals surface area contributed by atoms with Crippen molar-refractivity contribution in [1.29, 1.82) is 0 Å². The van der Waals surface area contributed by atoms with Gasteiger partial charge in [-0.05, 0) is 29.8 Å². The van der Waals surface area contributed by atoms with E-state index in [2.05, 4.69) is 15.5 Å². The molecule has 3 aromatic rings. The van der Waals surface area contributed by atoms with Crippen LogP contribution in [-0.4, -0.2) is 48.2 Å². The summed E-state index contributed by atoms with van der Waals surface area (Å²) < 4.78 is 1.99. The summed E-state index contributed by atoms with van der Waals surface area (Å²) in [5.74, 6) is 0.0945. The predicted molar refractivity (Wildman–Crippen MR) is 113 cm³/mol. The molecule has 6 nitrogen and oxygen atoms in total. The molecule has 0 aliphatic heterocycles. The van der Waals surface area contributed by atoms with Gasteiger partial charge in [0, 0.05) is 19.3 Å². The minimum absolute atomic E-state index is 0.112. The summed E-state index contributed by atoms with van der Waals surface area (Å²) in [7, 11) is 1.92. The van der Waals surface area contributed by atoms with Crippen LogP contribution in [0.5, 0.6) is 0 Å². The number of aliphatic hydroxyl groups excluding tert-OH is 1. The second-order valence-electron chi connectivity index (χ2n) is 5.77. The lowest BCUT2D eigenvalue weighted by molar-refractivity contribution is -0.118. The maximum atomic E-state index is 11.9. The fourth-order valence-corrected chi connectivity index (χ4v) is 4.21. The molecule has 8 heteroatoms. The topological polar surface area (TPSA) is 77.8 Å². The fourth-order valence-electron chi connectivity index (χ4n) is 2.35. The summed E-state index contributed by atoms with van der Waals surface area (Å²) in [6.07, 6.45) is 1.61. The van der Waals surface area contributed by atoms with Crippen molar-refractivity contribution in [2.45, 2.75) is 4.34 Å². The Labute approximate surface area is 165 Å². The van der Waals surface area contributed by atoms with Crippen LogP contribution in [0.4, 0.5) is 5.69 Å². The van der Waals surface area contributed by atoms with E-state index in [1.54, 1.807) is 17.6 Å². The van der Waals surface area contributed by atoms with Crippen LogP contribution < -0.4 is 10.3 Å². The van der Waals surface area contributed by atoms with E-state index in [1.165, 1.54) is 11.8 Å². The van der Waals surface area contributed by atoms with Gasteiger partial charge in [-0.15, -0.1) is 11.3 Å². The first-order valence-corrected chi connectivity index (χ1v) is 10.2. The molecule has 3 rings (SSSR count). The van der Waals surface area contributed by atoms with E-state index in [0.29, 0.717) is 6.54 Å². The van der Waals surface area contributed by atoms with E-state index in [0.717, 1.165) is 25.8 Å². The highest BCUT2D eigenvalue weighted by Gasteiger charge is 2.07. The average Bonchev–Trinajstić information content (AvgIpc) is 3.10. The van der Waals surface area contributed by atoms with Crippen molar-refractivity contribution in [3.63, 3.8) is 0 Å². The number of fused-ring (bicyclic) bond motifs is 1. The minimum Gasteiger partial charge on any atom is -0.395 e. The zero-order valence-corrected chi connectivity index (χ0v) is 16.5. The number of para-hydroxylation sites is 1. The van der Waals surface area contributed by atoms with Gasteiger partial charge in [0.05, 0.1) is 28.8 Å². The van der Waals surface area contributed by atoms with Crippen molar-refractivity contribution in [2.75, 3.05) is 30.9 Å². The predicted octanol–water partition coefficient (Wildman–Crippen LogP) is 2.97. The zero-order chi connectivity index (χ0) is 19.1. The van der Waals surface area contributed by atoms with Gasteiger partial charge in [-0.1, -0.05) is 36.0 Å². The largest absolute Gasteiger partial charge is 0.395 e. The molecule has 0 spiro atoms. The van der Waals surface area contributed by atoms with Crippen LogP contribution in [0.1, 0.15) is 5.56 Å². The third-order valence-corrected chi connectivity index (χ3v) is 5.95. The Morgan fingerprint density at radius 1 is 1.30 bits per heavy atom. The van der Waals surface area contributed by atoms with Crippen molar-refractivity contribution in [2.24, 2.45) is 5.10 Å². The molecule has 140 valence electrons. The molecule has 0 bridgehead atoms. The highest BCUT2D eigenvalue weighted by Crippen LogP contribution is 2.28. The number of carbonyl (C=O) groups excluding carboxylic acids is 1. The van der Waals surface area contributed by atoms with Crippen LogP contribution in [0.15, 0.2) is 58.0 Å². The first-order valence-electron chi connectivity index (χ1n) is 8.38. The summed E-state index contributed by atoms with van der Waals surface area (Å²) in [6, 6.07) is 15.6. The second kappa shape index (κ2) is 9.50. The number of aliphatic hydroxyl groups is 1. The Morgan fingerprint density at radius 2 is 2.07 bits per heavy atom. The maximum Gasteiger partial charge on any atom is 0.250 e. The highest BCUT2D eigenvalue weighted by molar-refractivity contribution is 8.01. The molecule has 0 radical (unpaired) electrons. The van der Waals surface area contributed by atoms with Crippen LogP contribution in [0, 0.1) is 0 Å². The van der Waals surface area contributed by atoms with E-state index in [1.807, 2.05) is 60.5 Å². The second-order valence-corrected chi connectivity index (χ2v) is 8.02. The number of aromatic nitrogens is 1. The summed E-state index contributed by atoms with van der Waals surface area (Å²) in [6.45, 7) is 0.691.